The SMILES string of the molecule is CC[C@@H](CO)Nc1ncc2nc(Nc3c(Cl)cccc3Cl)n([C@H]3CC[C@H](C(N)=O)CC3)c2n1. The first-order chi connectivity index (χ1) is 15.9. The normalized spacial score (nSPS) is 19.4. The number of nitrogens with two attached hydrogens (primary N) is 1. The Morgan fingerprint density at radius 2 is 1.94 bits per heavy atom. The minimum atomic E-state index is -0.256. The van der Waals surface area contributed by atoms with Gasteiger partial charge in [-0.2, -0.15) is 4.98 Å². The summed E-state index contributed by atoms with van der Waals surface area (Å²) in [4.78, 5) is 25.5. The number of nitrogens with one attached hydrogen (secondary N) is 2. The van der Waals surface area contributed by atoms with Crippen LogP contribution >= 0.6 is 23.2 Å². The Labute approximate surface area is 201 Å². The van der Waals surface area contributed by atoms with Crippen molar-refractivity contribution in [3.05, 3.63) is 34.4 Å². The van der Waals surface area contributed by atoms with Crippen LogP contribution in [0, 0.1) is 5.92 Å². The van der Waals surface area contributed by atoms with Crippen LogP contribution in [0.2, 0.25) is 10.0 Å². The zero-order valence-corrected chi connectivity index (χ0v) is 19.8. The Bertz CT molecular complexity index is 1120. The molecule has 1 fully saturated rings. The van der Waals surface area contributed by atoms with Crippen LogP contribution in [0.1, 0.15) is 45.1 Å². The number of aliphatic hydroxyl groups excluding tert-OH is 1. The quantitative estimate of drug-likeness (QED) is 0.369. The highest BCUT2D eigenvalue weighted by Crippen LogP contribution is 2.39. The molecule has 1 amide bonds. The van der Waals surface area contributed by atoms with Crippen molar-refractivity contribution in [3.8, 4) is 0 Å². The molecule has 5 N–H and O–H groups in total. The number of hydrogen-bond donors (Lipinski definition) is 4. The number of amides is 1. The zero-order valence-electron chi connectivity index (χ0n) is 18.3. The molecule has 1 aromatic carbocycles. The summed E-state index contributed by atoms with van der Waals surface area (Å²) >= 11 is 12.8. The maximum absolute atomic E-state index is 11.7. The molecule has 1 saturated carbocycles. The van der Waals surface area contributed by atoms with Gasteiger partial charge in [-0.3, -0.25) is 9.36 Å². The third kappa shape index (κ3) is 5.00. The minimum Gasteiger partial charge on any atom is -0.394 e. The van der Waals surface area contributed by atoms with Gasteiger partial charge in [0.05, 0.1) is 34.6 Å². The first-order valence-electron chi connectivity index (χ1n) is 11.0. The number of anilines is 3. The van der Waals surface area contributed by atoms with Crippen molar-refractivity contribution in [2.75, 3.05) is 17.2 Å². The summed E-state index contributed by atoms with van der Waals surface area (Å²) in [6.07, 6.45) is 5.29. The van der Waals surface area contributed by atoms with Crippen molar-refractivity contribution in [1.29, 1.82) is 0 Å². The second-order valence-corrected chi connectivity index (χ2v) is 9.08. The summed E-state index contributed by atoms with van der Waals surface area (Å²) in [5.74, 6) is 0.585. The standard InChI is InChI=1S/C22H27Cl2N7O2/c1-2-13(11-32)27-21-26-10-17-20(30-21)31(14-8-6-12(7-9-14)19(25)33)22(28-17)29-18-15(23)4-3-5-16(18)24/h3-5,10,12-14,32H,2,6-9,11H2,1H3,(H2,25,33)(H,28,29)(H,26,27,30)/t12-,13-,14-/m0/s1. The number of nitrogens with zero attached hydrogens (tertiary/aromatic N) is 4. The molecule has 0 radical (unpaired) electrons. The van der Waals surface area contributed by atoms with Crippen LogP contribution in [-0.2, 0) is 4.79 Å². The van der Waals surface area contributed by atoms with Gasteiger partial charge in [-0.15, -0.1) is 0 Å². The molecule has 1 aliphatic carbocycles. The average Bonchev–Trinajstić information content (AvgIpc) is 3.17. The fourth-order valence-corrected chi connectivity index (χ4v) is 4.69. The van der Waals surface area contributed by atoms with E-state index in [1.807, 2.05) is 11.5 Å². The monoisotopic (exact) mass is 491 g/mol. The van der Waals surface area contributed by atoms with Gasteiger partial charge in [0.25, 0.3) is 0 Å². The highest BCUT2D eigenvalue weighted by Gasteiger charge is 2.29. The third-order valence-corrected chi connectivity index (χ3v) is 6.77. The van der Waals surface area contributed by atoms with Gasteiger partial charge in [-0.05, 0) is 44.2 Å². The van der Waals surface area contributed by atoms with Crippen molar-refractivity contribution >= 4 is 57.9 Å². The Morgan fingerprint density at radius 3 is 2.55 bits per heavy atom. The van der Waals surface area contributed by atoms with Crippen LogP contribution in [0.4, 0.5) is 17.6 Å². The molecule has 176 valence electrons. The highest BCUT2D eigenvalue weighted by atomic mass is 35.5. The lowest BCUT2D eigenvalue weighted by Gasteiger charge is -2.29. The van der Waals surface area contributed by atoms with Crippen molar-refractivity contribution in [2.24, 2.45) is 11.7 Å². The third-order valence-electron chi connectivity index (χ3n) is 6.14. The van der Waals surface area contributed by atoms with E-state index in [1.54, 1.807) is 24.4 Å². The van der Waals surface area contributed by atoms with E-state index in [9.17, 15) is 9.90 Å². The molecular weight excluding hydrogens is 465 g/mol. The average molecular weight is 492 g/mol. The van der Waals surface area contributed by atoms with Gasteiger partial charge in [0.1, 0.15) is 5.52 Å². The Hall–Kier alpha value is -2.62. The van der Waals surface area contributed by atoms with Crippen molar-refractivity contribution < 1.29 is 9.90 Å². The van der Waals surface area contributed by atoms with E-state index in [0.29, 0.717) is 51.6 Å². The van der Waals surface area contributed by atoms with Gasteiger partial charge < -0.3 is 21.5 Å². The van der Waals surface area contributed by atoms with Crippen LogP contribution < -0.4 is 16.4 Å². The first kappa shape index (κ1) is 23.5. The molecular formula is C22H27Cl2N7O2. The predicted octanol–water partition coefficient (Wildman–Crippen LogP) is 4.28. The summed E-state index contributed by atoms with van der Waals surface area (Å²) in [6, 6.07) is 5.19. The topological polar surface area (TPSA) is 131 Å². The van der Waals surface area contributed by atoms with Crippen molar-refractivity contribution in [1.82, 2.24) is 19.5 Å². The number of imidazole rings is 1. The molecule has 11 heteroatoms. The van der Waals surface area contributed by atoms with Crippen molar-refractivity contribution in [3.63, 3.8) is 0 Å². The van der Waals surface area contributed by atoms with Gasteiger partial charge in [0.15, 0.2) is 5.65 Å². The number of halogens is 2. The van der Waals surface area contributed by atoms with E-state index >= 15 is 0 Å². The van der Waals surface area contributed by atoms with E-state index in [1.165, 1.54) is 0 Å². The fourth-order valence-electron chi connectivity index (χ4n) is 4.20. The molecule has 1 atom stereocenters. The van der Waals surface area contributed by atoms with Crippen LogP contribution in [0.3, 0.4) is 0 Å². The van der Waals surface area contributed by atoms with E-state index in [0.717, 1.165) is 19.3 Å². The molecule has 2 heterocycles. The Morgan fingerprint density at radius 1 is 1.24 bits per heavy atom. The number of benzene rings is 1. The maximum atomic E-state index is 11.7. The van der Waals surface area contributed by atoms with Gasteiger partial charge in [-0.25, -0.2) is 9.97 Å². The molecule has 3 aromatic rings. The summed E-state index contributed by atoms with van der Waals surface area (Å²) in [5, 5.41) is 16.9. The number of aliphatic hydroxyl groups is 1. The lowest BCUT2D eigenvalue weighted by atomic mass is 9.85. The van der Waals surface area contributed by atoms with E-state index in [4.69, 9.17) is 38.9 Å². The van der Waals surface area contributed by atoms with E-state index in [2.05, 4.69) is 15.6 Å². The second-order valence-electron chi connectivity index (χ2n) is 8.27. The number of rotatable bonds is 8. The molecule has 1 aliphatic rings. The summed E-state index contributed by atoms with van der Waals surface area (Å²) in [5.41, 5.74) is 7.35. The number of para-hydroxylation sites is 1. The van der Waals surface area contributed by atoms with Crippen LogP contribution in [0.15, 0.2) is 24.4 Å². The number of primary amides is 1. The summed E-state index contributed by atoms with van der Waals surface area (Å²) in [7, 11) is 0. The summed E-state index contributed by atoms with van der Waals surface area (Å²) in [6.45, 7) is 1.95. The molecule has 0 saturated heterocycles. The van der Waals surface area contributed by atoms with Gasteiger partial charge in [-0.1, -0.05) is 36.2 Å². The lowest BCUT2D eigenvalue weighted by molar-refractivity contribution is -0.122. The molecule has 2 aromatic heterocycles. The fraction of sp³-hybridized carbons (Fsp3) is 0.455. The number of hydrogen-bond acceptors (Lipinski definition) is 7. The van der Waals surface area contributed by atoms with Crippen LogP contribution in [0.5, 0.6) is 0 Å². The van der Waals surface area contributed by atoms with Gasteiger partial charge in [0.2, 0.25) is 17.8 Å². The first-order valence-corrected chi connectivity index (χ1v) is 11.8. The molecule has 4 rings (SSSR count). The molecule has 0 spiro atoms. The smallest absolute Gasteiger partial charge is 0.225 e. The zero-order chi connectivity index (χ0) is 23.5. The lowest BCUT2D eigenvalue weighted by Crippen LogP contribution is -2.29. The highest BCUT2D eigenvalue weighted by molar-refractivity contribution is 6.39. The Balaban J connectivity index is 1.76. The second kappa shape index (κ2) is 10.1. The molecule has 0 unspecified atom stereocenters. The van der Waals surface area contributed by atoms with E-state index < -0.39 is 0 Å². The number of carbonyl (C=O) groups is 1. The van der Waals surface area contributed by atoms with E-state index in [-0.39, 0.29) is 30.5 Å². The summed E-state index contributed by atoms with van der Waals surface area (Å²) < 4.78 is 2.03. The van der Waals surface area contributed by atoms with Gasteiger partial charge in [0, 0.05) is 12.0 Å². The van der Waals surface area contributed by atoms with Crippen LogP contribution in [0.25, 0.3) is 11.2 Å². The number of aromatic nitrogens is 4. The van der Waals surface area contributed by atoms with Crippen molar-refractivity contribution in [2.45, 2.75) is 51.1 Å². The van der Waals surface area contributed by atoms with Gasteiger partial charge >= 0.3 is 0 Å². The maximum Gasteiger partial charge on any atom is 0.225 e. The predicted molar refractivity (Wildman–Crippen MR) is 130 cm³/mol. The molecule has 9 nitrogen and oxygen atoms in total. The largest absolute Gasteiger partial charge is 0.394 e. The molecule has 33 heavy (non-hydrogen) atoms. The molecule has 0 aliphatic heterocycles. The number of carbonyl (C=O) groups excluding carboxylic acids is 1. The Kier molecular flexibility index (Phi) is 7.21. The van der Waals surface area contributed by atoms with Crippen LogP contribution in [-0.4, -0.2) is 43.2 Å². The molecule has 0 bridgehead atoms. The number of fused-ring (bicyclic) bond motifs is 1. The minimum absolute atomic E-state index is 0.0217.